The lowest BCUT2D eigenvalue weighted by Crippen LogP contribution is -2.28. The van der Waals surface area contributed by atoms with Gasteiger partial charge in [0.1, 0.15) is 10.7 Å². The molecule has 0 aliphatic carbocycles. The second kappa shape index (κ2) is 8.77. The number of benzene rings is 1. The van der Waals surface area contributed by atoms with Gasteiger partial charge in [0.2, 0.25) is 0 Å². The Bertz CT molecular complexity index is 559. The molecule has 2 aromatic rings. The summed E-state index contributed by atoms with van der Waals surface area (Å²) in [6.07, 6.45) is 1.91. The molecule has 1 atom stereocenters. The number of hydrogen-bond acceptors (Lipinski definition) is 4. The number of nitrogens with zero attached hydrogens (tertiary/aromatic N) is 1. The number of nitrogens with two attached hydrogens (primary N) is 1. The van der Waals surface area contributed by atoms with Gasteiger partial charge >= 0.3 is 0 Å². The van der Waals surface area contributed by atoms with Gasteiger partial charge in [-0.2, -0.15) is 0 Å². The van der Waals surface area contributed by atoms with Crippen molar-refractivity contribution < 1.29 is 4.79 Å². The number of hydrogen-bond donors (Lipinski definition) is 2. The molecule has 0 saturated carbocycles. The lowest BCUT2D eigenvalue weighted by Gasteiger charge is -2.18. The number of amides is 1. The van der Waals surface area contributed by atoms with Crippen molar-refractivity contribution in [1.29, 1.82) is 0 Å². The van der Waals surface area contributed by atoms with E-state index in [1.807, 2.05) is 30.3 Å². The molecule has 0 aliphatic heterocycles. The van der Waals surface area contributed by atoms with Crippen molar-refractivity contribution in [3.8, 4) is 0 Å². The summed E-state index contributed by atoms with van der Waals surface area (Å²) in [7, 11) is 0. The monoisotopic (exact) mass is 325 g/mol. The zero-order valence-electron chi connectivity index (χ0n) is 11.9. The van der Waals surface area contributed by atoms with Gasteiger partial charge in [0.25, 0.3) is 5.91 Å². The van der Waals surface area contributed by atoms with E-state index in [9.17, 15) is 4.79 Å². The Morgan fingerprint density at radius 1 is 1.38 bits per heavy atom. The van der Waals surface area contributed by atoms with E-state index in [-0.39, 0.29) is 24.4 Å². The van der Waals surface area contributed by atoms with Crippen LogP contribution in [0.25, 0.3) is 0 Å². The molecular weight excluding hydrogens is 306 g/mol. The van der Waals surface area contributed by atoms with E-state index in [0.29, 0.717) is 12.2 Å². The Hall–Kier alpha value is -1.43. The van der Waals surface area contributed by atoms with Crippen LogP contribution in [-0.2, 0) is 6.54 Å². The number of halogens is 1. The molecule has 0 aliphatic rings. The van der Waals surface area contributed by atoms with E-state index in [1.54, 1.807) is 5.38 Å². The summed E-state index contributed by atoms with van der Waals surface area (Å²) in [6.45, 7) is 2.48. The third-order valence-corrected chi connectivity index (χ3v) is 3.91. The van der Waals surface area contributed by atoms with Gasteiger partial charge in [0.05, 0.1) is 6.04 Å². The van der Waals surface area contributed by atoms with Crippen molar-refractivity contribution in [1.82, 2.24) is 10.3 Å². The molecule has 1 amide bonds. The Labute approximate surface area is 135 Å². The summed E-state index contributed by atoms with van der Waals surface area (Å²) >= 11 is 1.42. The summed E-state index contributed by atoms with van der Waals surface area (Å²) in [6, 6.07) is 10.0. The summed E-state index contributed by atoms with van der Waals surface area (Å²) in [5, 5.41) is 5.59. The first kappa shape index (κ1) is 17.6. The quantitative estimate of drug-likeness (QED) is 0.856. The standard InChI is InChI=1S/C15H19N3OS.ClH/c1-2-6-12(11-7-4-3-5-8-11)18-15(19)13-10-20-14(9-16)17-13;/h3-5,7-8,10,12H,2,6,9,16H2,1H3,(H,18,19);1H. The number of nitrogens with one attached hydrogen (secondary N) is 1. The van der Waals surface area contributed by atoms with Gasteiger partial charge in [-0.3, -0.25) is 4.79 Å². The fourth-order valence-corrected chi connectivity index (χ4v) is 2.69. The minimum atomic E-state index is -0.136. The van der Waals surface area contributed by atoms with E-state index in [1.165, 1.54) is 11.3 Å². The van der Waals surface area contributed by atoms with Crippen molar-refractivity contribution >= 4 is 29.7 Å². The van der Waals surface area contributed by atoms with Crippen molar-refractivity contribution in [3.63, 3.8) is 0 Å². The lowest BCUT2D eigenvalue weighted by molar-refractivity contribution is 0.0930. The molecule has 21 heavy (non-hydrogen) atoms. The van der Waals surface area contributed by atoms with Crippen LogP contribution in [0.5, 0.6) is 0 Å². The molecule has 0 saturated heterocycles. The van der Waals surface area contributed by atoms with Crippen molar-refractivity contribution in [2.45, 2.75) is 32.4 Å². The number of thiazole rings is 1. The minimum absolute atomic E-state index is 0. The van der Waals surface area contributed by atoms with Gasteiger partial charge in [-0.25, -0.2) is 4.98 Å². The highest BCUT2D eigenvalue weighted by Gasteiger charge is 2.16. The Morgan fingerprint density at radius 3 is 2.67 bits per heavy atom. The van der Waals surface area contributed by atoms with E-state index in [2.05, 4.69) is 17.2 Å². The van der Waals surface area contributed by atoms with Gasteiger partial charge in [-0.15, -0.1) is 23.7 Å². The van der Waals surface area contributed by atoms with Crippen LogP contribution in [0.4, 0.5) is 0 Å². The molecule has 6 heteroatoms. The molecule has 3 N–H and O–H groups in total. The first-order valence-corrected chi connectivity index (χ1v) is 7.62. The second-order valence-corrected chi connectivity index (χ2v) is 5.50. The normalized spacial score (nSPS) is 11.5. The Balaban J connectivity index is 0.00000220. The number of carbonyl (C=O) groups is 1. The average molecular weight is 326 g/mol. The van der Waals surface area contributed by atoms with Gasteiger partial charge in [-0.1, -0.05) is 43.7 Å². The molecular formula is C15H20ClN3OS. The van der Waals surface area contributed by atoms with Crippen molar-refractivity contribution in [3.05, 3.63) is 52.0 Å². The SMILES string of the molecule is CCCC(NC(=O)c1csc(CN)n1)c1ccccc1.Cl. The summed E-state index contributed by atoms with van der Waals surface area (Å²) in [5.74, 6) is -0.136. The van der Waals surface area contributed by atoms with Crippen LogP contribution in [0.3, 0.4) is 0 Å². The fraction of sp³-hybridized carbons (Fsp3) is 0.333. The third kappa shape index (κ3) is 4.81. The summed E-state index contributed by atoms with van der Waals surface area (Å²) in [4.78, 5) is 16.4. The van der Waals surface area contributed by atoms with Gasteiger partial charge in [-0.05, 0) is 12.0 Å². The van der Waals surface area contributed by atoms with Gasteiger partial charge < -0.3 is 11.1 Å². The largest absolute Gasteiger partial charge is 0.344 e. The first-order valence-electron chi connectivity index (χ1n) is 6.75. The predicted molar refractivity (Wildman–Crippen MR) is 88.8 cm³/mol. The van der Waals surface area contributed by atoms with E-state index in [4.69, 9.17) is 5.73 Å². The summed E-state index contributed by atoms with van der Waals surface area (Å²) < 4.78 is 0. The van der Waals surface area contributed by atoms with Crippen LogP contribution in [-0.4, -0.2) is 10.9 Å². The molecule has 1 heterocycles. The predicted octanol–water partition coefficient (Wildman–Crippen LogP) is 3.29. The average Bonchev–Trinajstić information content (AvgIpc) is 2.97. The number of rotatable bonds is 6. The van der Waals surface area contributed by atoms with Crippen molar-refractivity contribution in [2.24, 2.45) is 5.73 Å². The van der Waals surface area contributed by atoms with Gasteiger partial charge in [0, 0.05) is 11.9 Å². The van der Waals surface area contributed by atoms with Crippen LogP contribution in [0.1, 0.15) is 46.9 Å². The Kier molecular flexibility index (Phi) is 7.36. The van der Waals surface area contributed by atoms with Crippen LogP contribution >= 0.6 is 23.7 Å². The number of aromatic nitrogens is 1. The van der Waals surface area contributed by atoms with E-state index < -0.39 is 0 Å². The molecule has 2 rings (SSSR count). The maximum atomic E-state index is 12.2. The highest BCUT2D eigenvalue weighted by Crippen LogP contribution is 2.19. The molecule has 0 spiro atoms. The zero-order valence-corrected chi connectivity index (χ0v) is 13.5. The van der Waals surface area contributed by atoms with Crippen LogP contribution in [0, 0.1) is 0 Å². The summed E-state index contributed by atoms with van der Waals surface area (Å²) in [5.41, 5.74) is 7.09. The maximum absolute atomic E-state index is 12.2. The first-order chi connectivity index (χ1) is 9.74. The maximum Gasteiger partial charge on any atom is 0.271 e. The molecule has 0 bridgehead atoms. The number of carbonyl (C=O) groups excluding carboxylic acids is 1. The van der Waals surface area contributed by atoms with Crippen molar-refractivity contribution in [2.75, 3.05) is 0 Å². The molecule has 0 fully saturated rings. The third-order valence-electron chi connectivity index (χ3n) is 3.04. The van der Waals surface area contributed by atoms with Gasteiger partial charge in [0.15, 0.2) is 0 Å². The van der Waals surface area contributed by atoms with E-state index >= 15 is 0 Å². The van der Waals surface area contributed by atoms with E-state index in [0.717, 1.165) is 23.4 Å². The lowest BCUT2D eigenvalue weighted by atomic mass is 10.0. The Morgan fingerprint density at radius 2 is 2.10 bits per heavy atom. The highest BCUT2D eigenvalue weighted by atomic mass is 35.5. The molecule has 1 unspecified atom stereocenters. The molecule has 1 aromatic carbocycles. The molecule has 0 radical (unpaired) electrons. The van der Waals surface area contributed by atoms with Crippen LogP contribution in [0.2, 0.25) is 0 Å². The topological polar surface area (TPSA) is 68.0 Å². The second-order valence-electron chi connectivity index (χ2n) is 4.56. The van der Waals surface area contributed by atoms with Crippen LogP contribution < -0.4 is 11.1 Å². The fourth-order valence-electron chi connectivity index (χ4n) is 2.04. The molecule has 4 nitrogen and oxygen atoms in total. The van der Waals surface area contributed by atoms with Crippen LogP contribution in [0.15, 0.2) is 35.7 Å². The molecule has 114 valence electrons. The zero-order chi connectivity index (χ0) is 14.4. The smallest absolute Gasteiger partial charge is 0.271 e. The minimum Gasteiger partial charge on any atom is -0.344 e. The molecule has 1 aromatic heterocycles. The highest BCUT2D eigenvalue weighted by molar-refractivity contribution is 7.09.